The van der Waals surface area contributed by atoms with Gasteiger partial charge in [0.25, 0.3) is 0 Å². The van der Waals surface area contributed by atoms with Gasteiger partial charge in [-0.1, -0.05) is 35.9 Å². The Kier molecular flexibility index (Phi) is 3.36. The maximum absolute atomic E-state index is 7.39. The normalized spacial score (nSPS) is 16.1. The predicted octanol–water partition coefficient (Wildman–Crippen LogP) is 3.34. The van der Waals surface area contributed by atoms with E-state index in [0.717, 1.165) is 6.42 Å². The molecule has 4 heteroatoms. The van der Waals surface area contributed by atoms with E-state index in [1.54, 1.807) is 18.2 Å². The van der Waals surface area contributed by atoms with Gasteiger partial charge in [-0.3, -0.25) is 5.41 Å². The lowest BCUT2D eigenvalue weighted by molar-refractivity contribution is 0.275. The molecule has 3 rings (SSSR count). The molecule has 0 saturated carbocycles. The van der Waals surface area contributed by atoms with Crippen molar-refractivity contribution in [1.29, 1.82) is 5.41 Å². The largest absolute Gasteiger partial charge is 0.493 e. The molecular formula is C16H15ClN2O. The van der Waals surface area contributed by atoms with E-state index in [1.807, 2.05) is 0 Å². The molecule has 0 spiro atoms. The Morgan fingerprint density at radius 1 is 1.30 bits per heavy atom. The minimum atomic E-state index is -0.0329. The summed E-state index contributed by atoms with van der Waals surface area (Å²) in [7, 11) is 0. The first-order valence-electron chi connectivity index (χ1n) is 6.49. The Hall–Kier alpha value is -2.00. The molecule has 0 aliphatic heterocycles. The van der Waals surface area contributed by atoms with E-state index in [9.17, 15) is 0 Å². The van der Waals surface area contributed by atoms with Crippen LogP contribution in [-0.2, 0) is 6.42 Å². The van der Waals surface area contributed by atoms with E-state index in [2.05, 4.69) is 24.3 Å². The van der Waals surface area contributed by atoms with Crippen LogP contribution in [0.3, 0.4) is 0 Å². The van der Waals surface area contributed by atoms with Crippen molar-refractivity contribution in [3.8, 4) is 5.75 Å². The molecule has 1 aliphatic carbocycles. The molecule has 0 radical (unpaired) electrons. The van der Waals surface area contributed by atoms with Crippen molar-refractivity contribution >= 4 is 17.4 Å². The van der Waals surface area contributed by atoms with Gasteiger partial charge in [-0.15, -0.1) is 0 Å². The lowest BCUT2D eigenvalue weighted by Gasteiger charge is -2.29. The highest BCUT2D eigenvalue weighted by atomic mass is 35.5. The summed E-state index contributed by atoms with van der Waals surface area (Å²) >= 11 is 6.07. The van der Waals surface area contributed by atoms with E-state index < -0.39 is 0 Å². The van der Waals surface area contributed by atoms with Gasteiger partial charge in [0.15, 0.2) is 0 Å². The molecule has 3 nitrogen and oxygen atoms in total. The second-order valence-corrected chi connectivity index (χ2v) is 5.37. The van der Waals surface area contributed by atoms with E-state index in [-0.39, 0.29) is 5.84 Å². The average Bonchev–Trinajstić information content (AvgIpc) is 2.39. The summed E-state index contributed by atoms with van der Waals surface area (Å²) in [6.45, 7) is 0.646. The van der Waals surface area contributed by atoms with Crippen LogP contribution in [0.25, 0.3) is 0 Å². The highest BCUT2D eigenvalue weighted by Gasteiger charge is 2.25. The first-order chi connectivity index (χ1) is 9.65. The first-order valence-corrected chi connectivity index (χ1v) is 6.87. The monoisotopic (exact) mass is 286 g/mol. The molecule has 1 atom stereocenters. The Labute approximate surface area is 122 Å². The standard InChI is InChI=1S/C16H15ClN2O/c17-15-8-12(5-6-14(15)16(18)19)20-9-11-7-10-3-1-2-4-13(10)11/h1-6,8,11H,7,9H2,(H3,18,19). The molecular weight excluding hydrogens is 272 g/mol. The summed E-state index contributed by atoms with van der Waals surface area (Å²) in [4.78, 5) is 0. The van der Waals surface area contributed by atoms with E-state index in [4.69, 9.17) is 27.5 Å². The Balaban J connectivity index is 1.66. The van der Waals surface area contributed by atoms with Crippen LogP contribution in [0, 0.1) is 5.41 Å². The number of hydrogen-bond donors (Lipinski definition) is 2. The van der Waals surface area contributed by atoms with Gasteiger partial charge in [0, 0.05) is 11.5 Å². The first kappa shape index (κ1) is 13.0. The van der Waals surface area contributed by atoms with E-state index in [1.165, 1.54) is 11.1 Å². The average molecular weight is 287 g/mol. The maximum atomic E-state index is 7.39. The Bertz CT molecular complexity index is 669. The summed E-state index contributed by atoms with van der Waals surface area (Å²) in [6, 6.07) is 13.7. The summed E-state index contributed by atoms with van der Waals surface area (Å²) in [5.41, 5.74) is 8.75. The zero-order chi connectivity index (χ0) is 14.1. The van der Waals surface area contributed by atoms with E-state index >= 15 is 0 Å². The second-order valence-electron chi connectivity index (χ2n) is 4.97. The number of rotatable bonds is 4. The van der Waals surface area contributed by atoms with Crippen molar-refractivity contribution < 1.29 is 4.74 Å². The molecule has 0 heterocycles. The van der Waals surface area contributed by atoms with Crippen LogP contribution in [0.4, 0.5) is 0 Å². The highest BCUT2D eigenvalue weighted by molar-refractivity contribution is 6.34. The zero-order valence-electron chi connectivity index (χ0n) is 10.9. The van der Waals surface area contributed by atoms with Gasteiger partial charge >= 0.3 is 0 Å². The molecule has 0 aromatic heterocycles. The van der Waals surface area contributed by atoms with Crippen LogP contribution in [0.15, 0.2) is 42.5 Å². The number of hydrogen-bond acceptors (Lipinski definition) is 2. The number of halogens is 1. The van der Waals surface area contributed by atoms with Gasteiger partial charge < -0.3 is 10.5 Å². The molecule has 1 unspecified atom stereocenters. The number of amidine groups is 1. The molecule has 2 aromatic rings. The topological polar surface area (TPSA) is 59.1 Å². The minimum absolute atomic E-state index is 0.0329. The van der Waals surface area contributed by atoms with Crippen molar-refractivity contribution in [2.45, 2.75) is 12.3 Å². The summed E-state index contributed by atoms with van der Waals surface area (Å²) < 4.78 is 5.79. The zero-order valence-corrected chi connectivity index (χ0v) is 11.7. The molecule has 20 heavy (non-hydrogen) atoms. The van der Waals surface area contributed by atoms with Crippen molar-refractivity contribution in [2.24, 2.45) is 5.73 Å². The Morgan fingerprint density at radius 2 is 2.10 bits per heavy atom. The minimum Gasteiger partial charge on any atom is -0.493 e. The van der Waals surface area contributed by atoms with Crippen LogP contribution >= 0.6 is 11.6 Å². The number of nitrogen functional groups attached to an aromatic ring is 1. The predicted molar refractivity (Wildman–Crippen MR) is 80.9 cm³/mol. The number of ether oxygens (including phenoxy) is 1. The highest BCUT2D eigenvalue weighted by Crippen LogP contribution is 2.35. The van der Waals surface area contributed by atoms with Crippen LogP contribution in [0.5, 0.6) is 5.75 Å². The van der Waals surface area contributed by atoms with Crippen molar-refractivity contribution in [2.75, 3.05) is 6.61 Å². The fourth-order valence-corrected chi connectivity index (χ4v) is 2.78. The van der Waals surface area contributed by atoms with Crippen molar-refractivity contribution in [3.63, 3.8) is 0 Å². The smallest absolute Gasteiger partial charge is 0.124 e. The van der Waals surface area contributed by atoms with Crippen molar-refractivity contribution in [1.82, 2.24) is 0 Å². The third-order valence-electron chi connectivity index (χ3n) is 3.64. The molecule has 1 aliphatic rings. The lowest BCUT2D eigenvalue weighted by Crippen LogP contribution is -2.23. The van der Waals surface area contributed by atoms with Gasteiger partial charge in [0.1, 0.15) is 11.6 Å². The quantitative estimate of drug-likeness (QED) is 0.669. The van der Waals surface area contributed by atoms with Gasteiger partial charge in [-0.2, -0.15) is 0 Å². The fraction of sp³-hybridized carbons (Fsp3) is 0.188. The van der Waals surface area contributed by atoms with Gasteiger partial charge in [-0.25, -0.2) is 0 Å². The van der Waals surface area contributed by atoms with Gasteiger partial charge in [0.05, 0.1) is 11.6 Å². The maximum Gasteiger partial charge on any atom is 0.124 e. The molecule has 0 saturated heterocycles. The van der Waals surface area contributed by atoms with Gasteiger partial charge in [0.2, 0.25) is 0 Å². The number of fused-ring (bicyclic) bond motifs is 1. The SMILES string of the molecule is N=C(N)c1ccc(OCC2Cc3ccccc32)cc1Cl. The van der Waals surface area contributed by atoms with Crippen LogP contribution < -0.4 is 10.5 Å². The van der Waals surface area contributed by atoms with Gasteiger partial charge in [-0.05, 0) is 35.7 Å². The van der Waals surface area contributed by atoms with Crippen LogP contribution in [-0.4, -0.2) is 12.4 Å². The molecule has 0 amide bonds. The van der Waals surface area contributed by atoms with Crippen LogP contribution in [0.2, 0.25) is 5.02 Å². The third-order valence-corrected chi connectivity index (χ3v) is 3.96. The number of nitrogens with one attached hydrogen (secondary N) is 1. The second kappa shape index (κ2) is 5.17. The third kappa shape index (κ3) is 2.37. The van der Waals surface area contributed by atoms with E-state index in [0.29, 0.717) is 28.9 Å². The summed E-state index contributed by atoms with van der Waals surface area (Å²) in [5.74, 6) is 1.14. The molecule has 2 aromatic carbocycles. The molecule has 3 N–H and O–H groups in total. The van der Waals surface area contributed by atoms with Crippen molar-refractivity contribution in [3.05, 3.63) is 64.2 Å². The van der Waals surface area contributed by atoms with Crippen LogP contribution in [0.1, 0.15) is 22.6 Å². The summed E-state index contributed by atoms with van der Waals surface area (Å²) in [5, 5.41) is 7.84. The Morgan fingerprint density at radius 3 is 2.80 bits per heavy atom. The summed E-state index contributed by atoms with van der Waals surface area (Å²) in [6.07, 6.45) is 1.06. The number of nitrogens with two attached hydrogens (primary N) is 1. The molecule has 0 bridgehead atoms. The lowest BCUT2D eigenvalue weighted by atomic mass is 9.78. The number of benzene rings is 2. The molecule has 0 fully saturated rings. The molecule has 102 valence electrons. The fourth-order valence-electron chi connectivity index (χ4n) is 2.51.